The average molecular weight is 412 g/mol. The molecule has 1 N–H and O–H groups in total. The van der Waals surface area contributed by atoms with Crippen LogP contribution in [-0.2, 0) is 17.9 Å². The molecule has 0 aliphatic carbocycles. The Bertz CT molecular complexity index is 1010. The van der Waals surface area contributed by atoms with Crippen LogP contribution in [0, 0.1) is 11.6 Å². The van der Waals surface area contributed by atoms with Gasteiger partial charge in [0, 0.05) is 6.54 Å². The number of rotatable bonds is 7. The van der Waals surface area contributed by atoms with Gasteiger partial charge >= 0.3 is 0 Å². The van der Waals surface area contributed by atoms with Crippen LogP contribution in [-0.4, -0.2) is 23.4 Å². The summed E-state index contributed by atoms with van der Waals surface area (Å²) in [5.74, 6) is -0.575. The van der Waals surface area contributed by atoms with E-state index < -0.39 is 11.6 Å². The molecule has 0 bridgehead atoms. The van der Waals surface area contributed by atoms with Crippen molar-refractivity contribution in [1.29, 1.82) is 0 Å². The summed E-state index contributed by atoms with van der Waals surface area (Å²) in [4.78, 5) is 14.6. The lowest BCUT2D eigenvalue weighted by Gasteiger charge is -2.23. The molecule has 2 heterocycles. The minimum Gasteiger partial charge on any atom is -0.467 e. The van der Waals surface area contributed by atoms with E-state index in [4.69, 9.17) is 9.15 Å². The van der Waals surface area contributed by atoms with Crippen LogP contribution < -0.4 is 10.1 Å². The smallest absolute Gasteiger partial charge is 0.237 e. The summed E-state index contributed by atoms with van der Waals surface area (Å²) in [5, 5.41) is 2.89. The van der Waals surface area contributed by atoms with E-state index in [-0.39, 0.29) is 23.4 Å². The third-order valence-electron chi connectivity index (χ3n) is 5.12. The van der Waals surface area contributed by atoms with Gasteiger partial charge < -0.3 is 14.5 Å². The number of carbonyl (C=O) groups excluding carboxylic acids is 1. The Morgan fingerprint density at radius 3 is 2.70 bits per heavy atom. The first-order valence-corrected chi connectivity index (χ1v) is 9.85. The Morgan fingerprint density at radius 2 is 1.93 bits per heavy atom. The number of ether oxygens (including phenoxy) is 1. The fourth-order valence-corrected chi connectivity index (χ4v) is 3.62. The number of nitrogens with zero attached hydrogens (tertiary/aromatic N) is 1. The Hall–Kier alpha value is -3.19. The van der Waals surface area contributed by atoms with Gasteiger partial charge in [0.2, 0.25) is 5.91 Å². The molecule has 1 aliphatic rings. The van der Waals surface area contributed by atoms with Gasteiger partial charge in [-0.05, 0) is 61.3 Å². The molecule has 1 atom stereocenters. The summed E-state index contributed by atoms with van der Waals surface area (Å²) in [6, 6.07) is 13.8. The molecule has 30 heavy (non-hydrogen) atoms. The van der Waals surface area contributed by atoms with E-state index in [2.05, 4.69) is 5.32 Å². The highest BCUT2D eigenvalue weighted by molar-refractivity contribution is 5.81. The third-order valence-corrected chi connectivity index (χ3v) is 5.12. The second-order valence-electron chi connectivity index (χ2n) is 7.22. The fraction of sp³-hybridized carbons (Fsp3) is 0.261. The van der Waals surface area contributed by atoms with Crippen LogP contribution >= 0.6 is 0 Å². The van der Waals surface area contributed by atoms with Gasteiger partial charge in [0.25, 0.3) is 0 Å². The number of nitrogens with one attached hydrogen (secondary N) is 1. The molecule has 1 aliphatic heterocycles. The molecule has 5 nitrogen and oxygen atoms in total. The number of amides is 1. The highest BCUT2D eigenvalue weighted by Crippen LogP contribution is 2.28. The van der Waals surface area contributed by atoms with Crippen LogP contribution in [0.2, 0.25) is 0 Å². The summed E-state index contributed by atoms with van der Waals surface area (Å²) in [6.07, 6.45) is 3.22. The zero-order valence-electron chi connectivity index (χ0n) is 16.3. The number of hydrogen-bond acceptors (Lipinski definition) is 4. The minimum absolute atomic E-state index is 0.0306. The molecule has 3 aromatic rings. The zero-order valence-corrected chi connectivity index (χ0v) is 16.3. The summed E-state index contributed by atoms with van der Waals surface area (Å²) < 4.78 is 38.8. The maximum atomic E-state index is 14.5. The Labute approximate surface area is 173 Å². The normalized spacial score (nSPS) is 16.5. The van der Waals surface area contributed by atoms with E-state index in [9.17, 15) is 13.6 Å². The molecular weight excluding hydrogens is 390 g/mol. The number of likely N-dealkylation sites (tertiary alicyclic amines) is 1. The molecule has 156 valence electrons. The topological polar surface area (TPSA) is 54.7 Å². The molecule has 4 rings (SSSR count). The van der Waals surface area contributed by atoms with Gasteiger partial charge in [-0.25, -0.2) is 8.78 Å². The van der Waals surface area contributed by atoms with Gasteiger partial charge in [-0.15, -0.1) is 0 Å². The summed E-state index contributed by atoms with van der Waals surface area (Å²) in [5.41, 5.74) is 0.721. The predicted octanol–water partition coefficient (Wildman–Crippen LogP) is 4.63. The monoisotopic (exact) mass is 412 g/mol. The summed E-state index contributed by atoms with van der Waals surface area (Å²) >= 11 is 0. The van der Waals surface area contributed by atoms with Gasteiger partial charge in [-0.1, -0.05) is 18.2 Å². The van der Waals surface area contributed by atoms with Crippen molar-refractivity contribution >= 4 is 5.91 Å². The number of furan rings is 1. The van der Waals surface area contributed by atoms with Crippen LogP contribution in [0.1, 0.15) is 24.2 Å². The lowest BCUT2D eigenvalue weighted by atomic mass is 10.1. The molecular formula is C23H22F2N2O3. The first kappa shape index (κ1) is 20.1. The fourth-order valence-electron chi connectivity index (χ4n) is 3.62. The molecule has 0 spiro atoms. The average Bonchev–Trinajstić information content (AvgIpc) is 3.42. The van der Waals surface area contributed by atoms with E-state index in [1.807, 2.05) is 4.90 Å². The highest BCUT2D eigenvalue weighted by atomic mass is 19.1. The predicted molar refractivity (Wildman–Crippen MR) is 107 cm³/mol. The lowest BCUT2D eigenvalue weighted by molar-refractivity contribution is -0.125. The molecule has 0 radical (unpaired) electrons. The third kappa shape index (κ3) is 4.68. The van der Waals surface area contributed by atoms with Crippen LogP contribution in [0.4, 0.5) is 8.78 Å². The summed E-state index contributed by atoms with van der Waals surface area (Å²) in [7, 11) is 0. The standard InChI is InChI=1S/C23H22F2N2O3/c24-18-6-1-2-8-21(18)30-22-10-9-16(13-19(22)25)15-27-11-3-7-20(27)23(28)26-14-17-5-4-12-29-17/h1-2,4-6,8-10,12-13,20H,3,7,11,14-15H2,(H,26,28). The van der Waals surface area contributed by atoms with Crippen LogP contribution in [0.3, 0.4) is 0 Å². The second kappa shape index (κ2) is 9.09. The number of carbonyl (C=O) groups is 1. The van der Waals surface area contributed by atoms with E-state index in [0.717, 1.165) is 24.9 Å². The van der Waals surface area contributed by atoms with Crippen molar-refractivity contribution in [3.63, 3.8) is 0 Å². The van der Waals surface area contributed by atoms with Gasteiger partial charge in [0.15, 0.2) is 23.1 Å². The highest BCUT2D eigenvalue weighted by Gasteiger charge is 2.30. The Kier molecular flexibility index (Phi) is 6.09. The molecule has 1 fully saturated rings. The Balaban J connectivity index is 1.38. The minimum atomic E-state index is -0.575. The SMILES string of the molecule is O=C(NCc1ccco1)C1CCCN1Cc1ccc(Oc2ccccc2F)c(F)c1. The maximum Gasteiger partial charge on any atom is 0.237 e. The van der Waals surface area contributed by atoms with E-state index in [0.29, 0.717) is 18.8 Å². The number of halogens is 2. The molecule has 0 saturated carbocycles. The zero-order chi connectivity index (χ0) is 20.9. The summed E-state index contributed by atoms with van der Waals surface area (Å²) in [6.45, 7) is 1.54. The van der Waals surface area contributed by atoms with Crippen LogP contribution in [0.5, 0.6) is 11.5 Å². The first-order chi connectivity index (χ1) is 14.6. The molecule has 1 saturated heterocycles. The van der Waals surface area contributed by atoms with Gasteiger partial charge in [0.05, 0.1) is 18.8 Å². The van der Waals surface area contributed by atoms with E-state index >= 15 is 0 Å². The van der Waals surface area contributed by atoms with Crippen molar-refractivity contribution < 1.29 is 22.7 Å². The number of hydrogen-bond donors (Lipinski definition) is 1. The lowest BCUT2D eigenvalue weighted by Crippen LogP contribution is -2.42. The van der Waals surface area contributed by atoms with Crippen molar-refractivity contribution in [2.75, 3.05) is 6.54 Å². The molecule has 1 amide bonds. The first-order valence-electron chi connectivity index (χ1n) is 9.85. The van der Waals surface area contributed by atoms with Crippen LogP contribution in [0.15, 0.2) is 65.3 Å². The largest absolute Gasteiger partial charge is 0.467 e. The number of benzene rings is 2. The van der Waals surface area contributed by atoms with Gasteiger partial charge in [-0.3, -0.25) is 9.69 Å². The molecule has 1 aromatic heterocycles. The van der Waals surface area contributed by atoms with Crippen LogP contribution in [0.25, 0.3) is 0 Å². The second-order valence-corrected chi connectivity index (χ2v) is 7.22. The maximum absolute atomic E-state index is 14.5. The van der Waals surface area contributed by atoms with Crippen molar-refractivity contribution in [1.82, 2.24) is 10.2 Å². The van der Waals surface area contributed by atoms with E-state index in [1.54, 1.807) is 36.6 Å². The van der Waals surface area contributed by atoms with Gasteiger partial charge in [0.1, 0.15) is 5.76 Å². The van der Waals surface area contributed by atoms with Crippen molar-refractivity contribution in [2.45, 2.75) is 32.0 Å². The van der Waals surface area contributed by atoms with Gasteiger partial charge in [-0.2, -0.15) is 0 Å². The molecule has 2 aromatic carbocycles. The quantitative estimate of drug-likeness (QED) is 0.615. The van der Waals surface area contributed by atoms with E-state index in [1.165, 1.54) is 24.3 Å². The molecule has 1 unspecified atom stereocenters. The van der Waals surface area contributed by atoms with Crippen molar-refractivity contribution in [2.24, 2.45) is 0 Å². The number of para-hydroxylation sites is 1. The van der Waals surface area contributed by atoms with Crippen molar-refractivity contribution in [3.8, 4) is 11.5 Å². The van der Waals surface area contributed by atoms with Crippen molar-refractivity contribution in [3.05, 3.63) is 83.8 Å². The molecule has 7 heteroatoms. The Morgan fingerprint density at radius 1 is 1.10 bits per heavy atom.